The summed E-state index contributed by atoms with van der Waals surface area (Å²) < 4.78 is 5.44. The van der Waals surface area contributed by atoms with Crippen molar-refractivity contribution in [2.75, 3.05) is 31.3 Å². The summed E-state index contributed by atoms with van der Waals surface area (Å²) in [6.45, 7) is 7.43. The molecule has 1 aliphatic heterocycles. The number of hydrogen-bond donors (Lipinski definition) is 1. The molecule has 1 heterocycles. The Hall–Kier alpha value is 0.270. The fraction of sp³-hybridized carbons (Fsp3) is 1.00. The Kier molecular flexibility index (Phi) is 6.65. The van der Waals surface area contributed by atoms with Gasteiger partial charge in [0.1, 0.15) is 0 Å². The zero-order valence-electron chi connectivity index (χ0n) is 9.42. The first-order chi connectivity index (χ1) is 6.88. The molecular formula is C11H23NOS. The Bertz CT molecular complexity index is 137. The topological polar surface area (TPSA) is 21.3 Å². The van der Waals surface area contributed by atoms with E-state index < -0.39 is 0 Å². The number of nitrogens with one attached hydrogen (secondary N) is 1. The van der Waals surface area contributed by atoms with Gasteiger partial charge in [-0.25, -0.2) is 0 Å². The van der Waals surface area contributed by atoms with E-state index in [1.165, 1.54) is 24.3 Å². The summed E-state index contributed by atoms with van der Waals surface area (Å²) in [6, 6.07) is 0.666. The summed E-state index contributed by atoms with van der Waals surface area (Å²) in [7, 11) is 0. The lowest BCUT2D eigenvalue weighted by Crippen LogP contribution is -2.38. The van der Waals surface area contributed by atoms with Crippen LogP contribution in [0.3, 0.4) is 0 Å². The zero-order valence-corrected chi connectivity index (χ0v) is 10.2. The highest BCUT2D eigenvalue weighted by atomic mass is 32.2. The van der Waals surface area contributed by atoms with Gasteiger partial charge in [-0.3, -0.25) is 0 Å². The summed E-state index contributed by atoms with van der Waals surface area (Å²) >= 11 is 2.07. The third-order valence-electron chi connectivity index (χ3n) is 2.65. The van der Waals surface area contributed by atoms with Crippen LogP contribution < -0.4 is 5.32 Å². The Balaban J connectivity index is 2.22. The Morgan fingerprint density at radius 3 is 2.93 bits per heavy atom. The Morgan fingerprint density at radius 1 is 1.50 bits per heavy atom. The molecule has 3 heteroatoms. The summed E-state index contributed by atoms with van der Waals surface area (Å²) in [6.07, 6.45) is 2.52. The molecule has 0 spiro atoms. The monoisotopic (exact) mass is 217 g/mol. The van der Waals surface area contributed by atoms with Gasteiger partial charge in [-0.2, -0.15) is 11.8 Å². The predicted octanol–water partition coefficient (Wildman–Crippen LogP) is 2.14. The van der Waals surface area contributed by atoms with Crippen LogP contribution in [0, 0.1) is 5.92 Å². The molecule has 2 atom stereocenters. The minimum atomic E-state index is 0.666. The maximum absolute atomic E-state index is 5.44. The maximum Gasteiger partial charge on any atom is 0.0510 e. The highest BCUT2D eigenvalue weighted by Gasteiger charge is 2.24. The minimum absolute atomic E-state index is 0.666. The first-order valence-electron chi connectivity index (χ1n) is 5.77. The van der Waals surface area contributed by atoms with Gasteiger partial charge in [0.25, 0.3) is 0 Å². The van der Waals surface area contributed by atoms with Crippen LogP contribution in [-0.2, 0) is 4.74 Å². The van der Waals surface area contributed by atoms with Crippen LogP contribution in [0.4, 0.5) is 0 Å². The first-order valence-corrected chi connectivity index (χ1v) is 6.92. The lowest BCUT2D eigenvalue weighted by atomic mass is 10.0. The number of hydrogen-bond acceptors (Lipinski definition) is 3. The number of rotatable bonds is 7. The van der Waals surface area contributed by atoms with Crippen molar-refractivity contribution in [3.63, 3.8) is 0 Å². The van der Waals surface area contributed by atoms with Crippen molar-refractivity contribution in [2.45, 2.75) is 32.7 Å². The molecule has 0 aliphatic carbocycles. The van der Waals surface area contributed by atoms with Crippen LogP contribution in [0.2, 0.25) is 0 Å². The molecule has 0 aromatic heterocycles. The van der Waals surface area contributed by atoms with Crippen molar-refractivity contribution in [3.8, 4) is 0 Å². The lowest BCUT2D eigenvalue weighted by Gasteiger charge is -2.22. The Morgan fingerprint density at radius 2 is 2.36 bits per heavy atom. The highest BCUT2D eigenvalue weighted by molar-refractivity contribution is 7.99. The second kappa shape index (κ2) is 7.55. The summed E-state index contributed by atoms with van der Waals surface area (Å²) in [5, 5.41) is 3.58. The molecular weight excluding hydrogens is 194 g/mol. The number of ether oxygens (including phenoxy) is 1. The molecule has 1 aliphatic rings. The number of thioether (sulfide) groups is 1. The zero-order chi connectivity index (χ0) is 10.2. The van der Waals surface area contributed by atoms with Gasteiger partial charge in [0.15, 0.2) is 0 Å². The lowest BCUT2D eigenvalue weighted by molar-refractivity contribution is 0.179. The van der Waals surface area contributed by atoms with Crippen molar-refractivity contribution in [3.05, 3.63) is 0 Å². The second-order valence-electron chi connectivity index (χ2n) is 3.86. The molecule has 0 aromatic rings. The molecule has 84 valence electrons. The molecule has 2 nitrogen and oxygen atoms in total. The van der Waals surface area contributed by atoms with E-state index in [4.69, 9.17) is 4.74 Å². The SMILES string of the molecule is CCCSCC(NCC)C1CCOC1. The van der Waals surface area contributed by atoms with Crippen molar-refractivity contribution >= 4 is 11.8 Å². The molecule has 0 amide bonds. The molecule has 0 aromatic carbocycles. The average molecular weight is 217 g/mol. The minimum Gasteiger partial charge on any atom is -0.381 e. The van der Waals surface area contributed by atoms with Gasteiger partial charge in [0.2, 0.25) is 0 Å². The fourth-order valence-corrected chi connectivity index (χ4v) is 2.95. The molecule has 1 saturated heterocycles. The normalized spacial score (nSPS) is 24.0. The van der Waals surface area contributed by atoms with E-state index in [2.05, 4.69) is 30.9 Å². The molecule has 2 unspecified atom stereocenters. The van der Waals surface area contributed by atoms with E-state index in [0.29, 0.717) is 6.04 Å². The molecule has 1 fully saturated rings. The van der Waals surface area contributed by atoms with E-state index in [1.807, 2.05) is 0 Å². The average Bonchev–Trinajstić information content (AvgIpc) is 2.70. The van der Waals surface area contributed by atoms with E-state index >= 15 is 0 Å². The van der Waals surface area contributed by atoms with Gasteiger partial charge < -0.3 is 10.1 Å². The van der Waals surface area contributed by atoms with Crippen molar-refractivity contribution < 1.29 is 4.74 Å². The van der Waals surface area contributed by atoms with Gasteiger partial charge in [0, 0.05) is 24.3 Å². The van der Waals surface area contributed by atoms with Crippen LogP contribution in [0.15, 0.2) is 0 Å². The first kappa shape index (κ1) is 12.3. The molecule has 0 radical (unpaired) electrons. The largest absolute Gasteiger partial charge is 0.381 e. The van der Waals surface area contributed by atoms with E-state index in [1.54, 1.807) is 0 Å². The Labute approximate surface area is 92.2 Å². The van der Waals surface area contributed by atoms with Gasteiger partial charge in [0.05, 0.1) is 6.61 Å². The summed E-state index contributed by atoms with van der Waals surface area (Å²) in [4.78, 5) is 0. The molecule has 1 rings (SSSR count). The van der Waals surface area contributed by atoms with Crippen molar-refractivity contribution in [1.29, 1.82) is 0 Å². The molecule has 0 saturated carbocycles. The smallest absolute Gasteiger partial charge is 0.0510 e. The third-order valence-corrected chi connectivity index (χ3v) is 3.94. The van der Waals surface area contributed by atoms with Crippen molar-refractivity contribution in [1.82, 2.24) is 5.32 Å². The molecule has 0 bridgehead atoms. The highest BCUT2D eigenvalue weighted by Crippen LogP contribution is 2.20. The second-order valence-corrected chi connectivity index (χ2v) is 5.01. The summed E-state index contributed by atoms with van der Waals surface area (Å²) in [5.41, 5.74) is 0. The van der Waals surface area contributed by atoms with E-state index in [0.717, 1.165) is 25.7 Å². The maximum atomic E-state index is 5.44. The standard InChI is InChI=1S/C11H23NOS/c1-3-7-14-9-11(12-4-2)10-5-6-13-8-10/h10-12H,3-9H2,1-2H3. The van der Waals surface area contributed by atoms with Crippen LogP contribution in [0.25, 0.3) is 0 Å². The van der Waals surface area contributed by atoms with Crippen LogP contribution in [0.5, 0.6) is 0 Å². The van der Waals surface area contributed by atoms with Crippen LogP contribution in [0.1, 0.15) is 26.7 Å². The van der Waals surface area contributed by atoms with Gasteiger partial charge in [-0.15, -0.1) is 0 Å². The van der Waals surface area contributed by atoms with Gasteiger partial charge in [-0.05, 0) is 25.1 Å². The molecule has 14 heavy (non-hydrogen) atoms. The van der Waals surface area contributed by atoms with Crippen LogP contribution >= 0.6 is 11.8 Å². The summed E-state index contributed by atoms with van der Waals surface area (Å²) in [5.74, 6) is 3.28. The quantitative estimate of drug-likeness (QED) is 0.660. The fourth-order valence-electron chi connectivity index (χ4n) is 1.85. The van der Waals surface area contributed by atoms with Gasteiger partial charge >= 0.3 is 0 Å². The van der Waals surface area contributed by atoms with E-state index in [-0.39, 0.29) is 0 Å². The van der Waals surface area contributed by atoms with Crippen LogP contribution in [-0.4, -0.2) is 37.3 Å². The van der Waals surface area contributed by atoms with Crippen molar-refractivity contribution in [2.24, 2.45) is 5.92 Å². The van der Waals surface area contributed by atoms with E-state index in [9.17, 15) is 0 Å². The molecule has 1 N–H and O–H groups in total. The van der Waals surface area contributed by atoms with Gasteiger partial charge in [-0.1, -0.05) is 13.8 Å². The third kappa shape index (κ3) is 4.20. The predicted molar refractivity (Wildman–Crippen MR) is 64.0 cm³/mol.